The molecule has 0 aromatic carbocycles. The van der Waals surface area contributed by atoms with Crippen molar-refractivity contribution >= 4 is 11.8 Å². The van der Waals surface area contributed by atoms with Gasteiger partial charge in [0.1, 0.15) is 0 Å². The van der Waals surface area contributed by atoms with Gasteiger partial charge in [-0.3, -0.25) is 4.90 Å². The monoisotopic (exact) mass is 216 g/mol. The van der Waals surface area contributed by atoms with Gasteiger partial charge in [0.2, 0.25) is 0 Å². The summed E-state index contributed by atoms with van der Waals surface area (Å²) in [6, 6.07) is 0.982. The van der Waals surface area contributed by atoms with Crippen molar-refractivity contribution in [1.82, 2.24) is 4.90 Å². The van der Waals surface area contributed by atoms with E-state index in [1.165, 1.54) is 18.1 Å². The molecule has 0 saturated carbocycles. The van der Waals surface area contributed by atoms with Crippen LogP contribution in [0.1, 0.15) is 27.7 Å². The zero-order chi connectivity index (χ0) is 10.8. The van der Waals surface area contributed by atoms with Crippen LogP contribution < -0.4 is 5.73 Å². The topological polar surface area (TPSA) is 29.3 Å². The van der Waals surface area contributed by atoms with E-state index in [1.54, 1.807) is 0 Å². The first kappa shape index (κ1) is 12.3. The molecule has 0 aromatic rings. The zero-order valence-corrected chi connectivity index (χ0v) is 10.7. The lowest BCUT2D eigenvalue weighted by molar-refractivity contribution is 0.173. The highest BCUT2D eigenvalue weighted by Gasteiger charge is 2.26. The van der Waals surface area contributed by atoms with E-state index < -0.39 is 0 Å². The number of rotatable bonds is 2. The van der Waals surface area contributed by atoms with E-state index >= 15 is 0 Å². The van der Waals surface area contributed by atoms with Crippen LogP contribution >= 0.6 is 11.8 Å². The van der Waals surface area contributed by atoms with Crippen LogP contribution in [-0.2, 0) is 0 Å². The van der Waals surface area contributed by atoms with Crippen LogP contribution in [0.25, 0.3) is 0 Å². The van der Waals surface area contributed by atoms with Crippen LogP contribution in [0.2, 0.25) is 0 Å². The summed E-state index contributed by atoms with van der Waals surface area (Å²) in [5.41, 5.74) is 6.42. The molecule has 2 N–H and O–H groups in total. The molecule has 14 heavy (non-hydrogen) atoms. The van der Waals surface area contributed by atoms with Gasteiger partial charge < -0.3 is 5.73 Å². The Balaban J connectivity index is 2.42. The molecule has 3 heteroatoms. The van der Waals surface area contributed by atoms with Crippen LogP contribution in [0.3, 0.4) is 0 Å². The van der Waals surface area contributed by atoms with Gasteiger partial charge in [-0.15, -0.1) is 0 Å². The number of nitrogens with zero attached hydrogens (tertiary/aromatic N) is 1. The van der Waals surface area contributed by atoms with Crippen molar-refractivity contribution in [1.29, 1.82) is 0 Å². The maximum absolute atomic E-state index is 6.20. The highest BCUT2D eigenvalue weighted by Crippen LogP contribution is 2.21. The molecule has 1 aliphatic heterocycles. The van der Waals surface area contributed by atoms with E-state index in [1.807, 2.05) is 0 Å². The second kappa shape index (κ2) is 4.86. The molecule has 1 heterocycles. The zero-order valence-electron chi connectivity index (χ0n) is 9.92. The summed E-state index contributed by atoms with van der Waals surface area (Å²) < 4.78 is 0. The Morgan fingerprint density at radius 3 is 2.64 bits per heavy atom. The molecule has 0 spiro atoms. The van der Waals surface area contributed by atoms with E-state index in [0.29, 0.717) is 6.04 Å². The van der Waals surface area contributed by atoms with Crippen LogP contribution in [0.5, 0.6) is 0 Å². The third kappa shape index (κ3) is 3.44. The van der Waals surface area contributed by atoms with Gasteiger partial charge in [0.05, 0.1) is 0 Å². The average Bonchev–Trinajstić information content (AvgIpc) is 2.07. The molecule has 1 saturated heterocycles. The summed E-state index contributed by atoms with van der Waals surface area (Å²) in [6.07, 6.45) is 0. The fourth-order valence-corrected chi connectivity index (χ4v) is 2.64. The van der Waals surface area contributed by atoms with Gasteiger partial charge in [-0.2, -0.15) is 11.8 Å². The molecular formula is C11H24N2S. The predicted molar refractivity (Wildman–Crippen MR) is 65.8 cm³/mol. The number of nitrogens with two attached hydrogens (primary N) is 1. The lowest BCUT2D eigenvalue weighted by Gasteiger charge is -2.38. The van der Waals surface area contributed by atoms with Crippen LogP contribution in [-0.4, -0.2) is 41.6 Å². The van der Waals surface area contributed by atoms with Crippen LogP contribution in [0, 0.1) is 5.41 Å². The number of thioether (sulfide) groups is 1. The van der Waals surface area contributed by atoms with Gasteiger partial charge >= 0.3 is 0 Å². The van der Waals surface area contributed by atoms with Crippen molar-refractivity contribution in [3.63, 3.8) is 0 Å². The maximum atomic E-state index is 6.20. The molecule has 1 aliphatic rings. The summed E-state index contributed by atoms with van der Waals surface area (Å²) in [5.74, 6) is 2.53. The highest BCUT2D eigenvalue weighted by molar-refractivity contribution is 7.99. The summed E-state index contributed by atoms with van der Waals surface area (Å²) in [5, 5.41) is 0. The molecule has 0 aromatic heterocycles. The molecule has 0 bridgehead atoms. The average molecular weight is 216 g/mol. The minimum atomic E-state index is 0.226. The van der Waals surface area contributed by atoms with E-state index in [9.17, 15) is 0 Å². The third-order valence-electron chi connectivity index (χ3n) is 3.05. The Morgan fingerprint density at radius 2 is 2.14 bits per heavy atom. The second-order valence-corrected chi connectivity index (χ2v) is 6.54. The maximum Gasteiger partial charge on any atom is 0.0217 e. The van der Waals surface area contributed by atoms with Gasteiger partial charge in [-0.05, 0) is 12.3 Å². The van der Waals surface area contributed by atoms with Gasteiger partial charge in [0.15, 0.2) is 0 Å². The first-order valence-electron chi connectivity index (χ1n) is 5.48. The molecule has 1 unspecified atom stereocenters. The largest absolute Gasteiger partial charge is 0.326 e. The molecule has 2 atom stereocenters. The van der Waals surface area contributed by atoms with E-state index in [-0.39, 0.29) is 11.5 Å². The minimum absolute atomic E-state index is 0.226. The van der Waals surface area contributed by atoms with Crippen molar-refractivity contribution in [2.45, 2.75) is 39.8 Å². The Bertz CT molecular complexity index is 177. The molecule has 2 nitrogen and oxygen atoms in total. The molecular weight excluding hydrogens is 192 g/mol. The second-order valence-electron chi connectivity index (χ2n) is 5.39. The quantitative estimate of drug-likeness (QED) is 0.763. The standard InChI is InChI=1S/C11H24N2S/c1-9-8-14-6-5-13(9)7-10(12)11(2,3)4/h9-10H,5-8,12H2,1-4H3/t9?,10-/m1/s1. The molecule has 0 radical (unpaired) electrons. The number of hydrogen-bond donors (Lipinski definition) is 1. The Hall–Kier alpha value is 0.270. The Kier molecular flexibility index (Phi) is 4.29. The van der Waals surface area contributed by atoms with Crippen molar-refractivity contribution in [2.75, 3.05) is 24.6 Å². The van der Waals surface area contributed by atoms with E-state index in [0.717, 1.165) is 6.54 Å². The third-order valence-corrected chi connectivity index (χ3v) is 4.24. The first-order valence-corrected chi connectivity index (χ1v) is 6.64. The smallest absolute Gasteiger partial charge is 0.0217 e. The summed E-state index contributed by atoms with van der Waals surface area (Å²) in [6.45, 7) is 11.2. The molecule has 1 fully saturated rings. The van der Waals surface area contributed by atoms with Gasteiger partial charge in [-0.1, -0.05) is 20.8 Å². The van der Waals surface area contributed by atoms with Crippen molar-refractivity contribution in [3.8, 4) is 0 Å². The lowest BCUT2D eigenvalue weighted by Crippen LogP contribution is -2.50. The summed E-state index contributed by atoms with van der Waals surface area (Å²) in [7, 11) is 0. The lowest BCUT2D eigenvalue weighted by atomic mass is 9.87. The van der Waals surface area contributed by atoms with Gasteiger partial charge in [0, 0.05) is 36.7 Å². The Morgan fingerprint density at radius 1 is 1.50 bits per heavy atom. The minimum Gasteiger partial charge on any atom is -0.326 e. The van der Waals surface area contributed by atoms with Gasteiger partial charge in [-0.25, -0.2) is 0 Å². The normalized spacial score (nSPS) is 27.6. The number of hydrogen-bond acceptors (Lipinski definition) is 3. The molecule has 84 valence electrons. The predicted octanol–water partition coefficient (Wildman–Crippen LogP) is 1.80. The molecule has 0 amide bonds. The molecule has 0 aliphatic carbocycles. The van der Waals surface area contributed by atoms with Crippen LogP contribution in [0.4, 0.5) is 0 Å². The fraction of sp³-hybridized carbons (Fsp3) is 1.00. The Labute approximate surface area is 92.6 Å². The van der Waals surface area contributed by atoms with Crippen molar-refractivity contribution in [2.24, 2.45) is 11.1 Å². The fourth-order valence-electron chi connectivity index (χ4n) is 1.56. The van der Waals surface area contributed by atoms with E-state index in [4.69, 9.17) is 5.73 Å². The van der Waals surface area contributed by atoms with Crippen molar-refractivity contribution in [3.05, 3.63) is 0 Å². The summed E-state index contributed by atoms with van der Waals surface area (Å²) in [4.78, 5) is 2.53. The van der Waals surface area contributed by atoms with E-state index in [2.05, 4.69) is 44.4 Å². The van der Waals surface area contributed by atoms with Crippen molar-refractivity contribution < 1.29 is 0 Å². The molecule has 1 rings (SSSR count). The SMILES string of the molecule is CC1CSCCN1C[C@@H](N)C(C)(C)C. The first-order chi connectivity index (χ1) is 6.41. The van der Waals surface area contributed by atoms with Crippen LogP contribution in [0.15, 0.2) is 0 Å². The van der Waals surface area contributed by atoms with Gasteiger partial charge in [0.25, 0.3) is 0 Å². The summed E-state index contributed by atoms with van der Waals surface area (Å²) >= 11 is 2.06. The highest BCUT2D eigenvalue weighted by atomic mass is 32.2.